The first-order chi connectivity index (χ1) is 12.8. The summed E-state index contributed by atoms with van der Waals surface area (Å²) in [5.74, 6) is -0.870. The standard InChI is InChI=1S/C19H20N2O6/c1-12-8-13(2)10-15(9-12)26-11-18(22)27-14(3)19(23)20-16-6-4-5-7-17(16)21(24)25/h4-10,14H,11H2,1-3H3,(H,20,23)/t14-/m1/s1. The van der Waals surface area contributed by atoms with Crippen LogP contribution >= 0.6 is 0 Å². The van der Waals surface area contributed by atoms with Crippen LogP contribution in [-0.2, 0) is 14.3 Å². The molecule has 0 aliphatic carbocycles. The van der Waals surface area contributed by atoms with Crippen LogP contribution in [0.1, 0.15) is 18.1 Å². The van der Waals surface area contributed by atoms with Crippen molar-refractivity contribution in [1.29, 1.82) is 0 Å². The van der Waals surface area contributed by atoms with Crippen molar-refractivity contribution < 1.29 is 24.0 Å². The summed E-state index contributed by atoms with van der Waals surface area (Å²) < 4.78 is 10.4. The van der Waals surface area contributed by atoms with Crippen LogP contribution in [0.15, 0.2) is 42.5 Å². The van der Waals surface area contributed by atoms with Crippen LogP contribution in [0.2, 0.25) is 0 Å². The number of nitrogens with zero attached hydrogens (tertiary/aromatic N) is 1. The minimum Gasteiger partial charge on any atom is -0.482 e. The fraction of sp³-hybridized carbons (Fsp3) is 0.263. The zero-order chi connectivity index (χ0) is 20.0. The second-order valence-electron chi connectivity index (χ2n) is 6.01. The average Bonchev–Trinajstić information content (AvgIpc) is 2.59. The smallest absolute Gasteiger partial charge is 0.344 e. The highest BCUT2D eigenvalue weighted by molar-refractivity contribution is 5.96. The number of ether oxygens (including phenoxy) is 2. The summed E-state index contributed by atoms with van der Waals surface area (Å²) in [6.07, 6.45) is -1.14. The number of hydrogen-bond donors (Lipinski definition) is 1. The van der Waals surface area contributed by atoms with Gasteiger partial charge in [-0.25, -0.2) is 4.79 Å². The Morgan fingerprint density at radius 1 is 1.15 bits per heavy atom. The molecule has 0 aromatic heterocycles. The number of esters is 1. The van der Waals surface area contributed by atoms with Crippen LogP contribution in [0.3, 0.4) is 0 Å². The molecule has 0 heterocycles. The van der Waals surface area contributed by atoms with E-state index in [4.69, 9.17) is 9.47 Å². The molecule has 0 unspecified atom stereocenters. The first kappa shape index (κ1) is 19.9. The van der Waals surface area contributed by atoms with Gasteiger partial charge in [0.15, 0.2) is 12.7 Å². The van der Waals surface area contributed by atoms with Crippen molar-refractivity contribution in [3.05, 3.63) is 63.7 Å². The lowest BCUT2D eigenvalue weighted by molar-refractivity contribution is -0.383. The summed E-state index contributed by atoms with van der Waals surface area (Å²) in [7, 11) is 0. The van der Waals surface area contributed by atoms with Gasteiger partial charge in [-0.2, -0.15) is 0 Å². The molecule has 0 bridgehead atoms. The lowest BCUT2D eigenvalue weighted by atomic mass is 10.1. The summed E-state index contributed by atoms with van der Waals surface area (Å²) in [5.41, 5.74) is 1.77. The number of amides is 1. The normalized spacial score (nSPS) is 11.4. The van der Waals surface area contributed by atoms with Crippen LogP contribution in [0, 0.1) is 24.0 Å². The molecule has 1 N–H and O–H groups in total. The molecular formula is C19H20N2O6. The number of nitro groups is 1. The average molecular weight is 372 g/mol. The van der Waals surface area contributed by atoms with Gasteiger partial charge < -0.3 is 14.8 Å². The number of rotatable bonds is 7. The van der Waals surface area contributed by atoms with Crippen LogP contribution in [-0.4, -0.2) is 29.5 Å². The monoisotopic (exact) mass is 372 g/mol. The Morgan fingerprint density at radius 3 is 2.41 bits per heavy atom. The van der Waals surface area contributed by atoms with Gasteiger partial charge in [0, 0.05) is 6.07 Å². The van der Waals surface area contributed by atoms with Gasteiger partial charge in [0.25, 0.3) is 11.6 Å². The van der Waals surface area contributed by atoms with Gasteiger partial charge in [-0.15, -0.1) is 0 Å². The highest BCUT2D eigenvalue weighted by Crippen LogP contribution is 2.23. The largest absolute Gasteiger partial charge is 0.482 e. The highest BCUT2D eigenvalue weighted by atomic mass is 16.6. The Bertz CT molecular complexity index is 845. The van der Waals surface area contributed by atoms with E-state index in [1.807, 2.05) is 19.9 Å². The van der Waals surface area contributed by atoms with E-state index >= 15 is 0 Å². The Hall–Kier alpha value is -3.42. The van der Waals surface area contributed by atoms with Crippen molar-refractivity contribution in [3.63, 3.8) is 0 Å². The molecule has 0 fully saturated rings. The fourth-order valence-electron chi connectivity index (χ4n) is 2.42. The maximum Gasteiger partial charge on any atom is 0.344 e. The van der Waals surface area contributed by atoms with Crippen LogP contribution in [0.5, 0.6) is 5.75 Å². The van der Waals surface area contributed by atoms with Crippen molar-refractivity contribution >= 4 is 23.3 Å². The van der Waals surface area contributed by atoms with E-state index in [-0.39, 0.29) is 18.0 Å². The summed E-state index contributed by atoms with van der Waals surface area (Å²) in [6.45, 7) is 4.84. The number of carbonyl (C=O) groups excluding carboxylic acids is 2. The molecule has 8 nitrogen and oxygen atoms in total. The van der Waals surface area contributed by atoms with Crippen LogP contribution in [0.4, 0.5) is 11.4 Å². The summed E-state index contributed by atoms with van der Waals surface area (Å²) in [5, 5.41) is 13.4. The number of carbonyl (C=O) groups is 2. The quantitative estimate of drug-likeness (QED) is 0.454. The van der Waals surface area contributed by atoms with Crippen molar-refractivity contribution in [1.82, 2.24) is 0 Å². The van der Waals surface area contributed by atoms with E-state index < -0.39 is 22.9 Å². The molecule has 0 aliphatic rings. The Kier molecular flexibility index (Phi) is 6.48. The second-order valence-corrected chi connectivity index (χ2v) is 6.01. The van der Waals surface area contributed by atoms with Gasteiger partial charge in [-0.3, -0.25) is 14.9 Å². The molecule has 0 saturated carbocycles. The van der Waals surface area contributed by atoms with Gasteiger partial charge >= 0.3 is 5.97 Å². The molecule has 2 rings (SSSR count). The second kappa shape index (κ2) is 8.79. The molecule has 2 aromatic rings. The Balaban J connectivity index is 1.90. The zero-order valence-corrected chi connectivity index (χ0v) is 15.2. The van der Waals surface area contributed by atoms with Crippen molar-refractivity contribution in [2.75, 3.05) is 11.9 Å². The van der Waals surface area contributed by atoms with E-state index in [1.165, 1.54) is 25.1 Å². The molecule has 1 atom stereocenters. The molecule has 27 heavy (non-hydrogen) atoms. The molecule has 8 heteroatoms. The van der Waals surface area contributed by atoms with Gasteiger partial charge in [-0.05, 0) is 50.1 Å². The predicted octanol–water partition coefficient (Wildman–Crippen LogP) is 3.16. The van der Waals surface area contributed by atoms with Crippen molar-refractivity contribution in [3.8, 4) is 5.75 Å². The first-order valence-corrected chi connectivity index (χ1v) is 8.21. The van der Waals surface area contributed by atoms with E-state index in [1.54, 1.807) is 18.2 Å². The summed E-state index contributed by atoms with van der Waals surface area (Å²) in [6, 6.07) is 11.2. The third kappa shape index (κ3) is 5.81. The predicted molar refractivity (Wildman–Crippen MR) is 98.7 cm³/mol. The zero-order valence-electron chi connectivity index (χ0n) is 15.2. The van der Waals surface area contributed by atoms with E-state index in [0.717, 1.165) is 11.1 Å². The lowest BCUT2D eigenvalue weighted by Gasteiger charge is -2.14. The minimum atomic E-state index is -1.14. The van der Waals surface area contributed by atoms with E-state index in [0.29, 0.717) is 5.75 Å². The van der Waals surface area contributed by atoms with Gasteiger partial charge in [-0.1, -0.05) is 18.2 Å². The van der Waals surface area contributed by atoms with Crippen molar-refractivity contribution in [2.24, 2.45) is 0 Å². The molecule has 2 aromatic carbocycles. The van der Waals surface area contributed by atoms with Gasteiger partial charge in [0.2, 0.25) is 0 Å². The molecule has 0 radical (unpaired) electrons. The third-order valence-electron chi connectivity index (χ3n) is 3.59. The fourth-order valence-corrected chi connectivity index (χ4v) is 2.42. The number of nitro benzene ring substituents is 1. The maximum absolute atomic E-state index is 12.1. The molecule has 0 saturated heterocycles. The number of anilines is 1. The van der Waals surface area contributed by atoms with Crippen LogP contribution < -0.4 is 10.1 Å². The van der Waals surface area contributed by atoms with Gasteiger partial charge in [0.1, 0.15) is 11.4 Å². The number of nitrogens with one attached hydrogen (secondary N) is 1. The number of benzene rings is 2. The SMILES string of the molecule is Cc1cc(C)cc(OCC(=O)O[C@H](C)C(=O)Nc2ccccc2[N+](=O)[O-])c1. The number of aryl methyl sites for hydroxylation is 2. The summed E-state index contributed by atoms with van der Waals surface area (Å²) >= 11 is 0. The van der Waals surface area contributed by atoms with E-state index in [2.05, 4.69) is 5.32 Å². The van der Waals surface area contributed by atoms with E-state index in [9.17, 15) is 19.7 Å². The van der Waals surface area contributed by atoms with Crippen LogP contribution in [0.25, 0.3) is 0 Å². The number of para-hydroxylation sites is 2. The molecule has 0 spiro atoms. The lowest BCUT2D eigenvalue weighted by Crippen LogP contribution is -2.31. The van der Waals surface area contributed by atoms with Crippen molar-refractivity contribution in [2.45, 2.75) is 26.9 Å². The third-order valence-corrected chi connectivity index (χ3v) is 3.59. The Labute approximate surface area is 156 Å². The topological polar surface area (TPSA) is 108 Å². The maximum atomic E-state index is 12.1. The van der Waals surface area contributed by atoms with Gasteiger partial charge in [0.05, 0.1) is 4.92 Å². The Morgan fingerprint density at radius 2 is 1.78 bits per heavy atom. The summed E-state index contributed by atoms with van der Waals surface area (Å²) in [4.78, 5) is 34.4. The number of hydrogen-bond acceptors (Lipinski definition) is 6. The molecule has 0 aliphatic heterocycles. The minimum absolute atomic E-state index is 0.0295. The first-order valence-electron chi connectivity index (χ1n) is 8.21. The molecular weight excluding hydrogens is 352 g/mol. The highest BCUT2D eigenvalue weighted by Gasteiger charge is 2.21. The molecule has 142 valence electrons. The molecule has 1 amide bonds.